The highest BCUT2D eigenvalue weighted by atomic mass is 16.7. The third-order valence-electron chi connectivity index (χ3n) is 6.77. The van der Waals surface area contributed by atoms with E-state index in [2.05, 4.69) is 0 Å². The van der Waals surface area contributed by atoms with Crippen LogP contribution in [0, 0.1) is 23.7 Å². The van der Waals surface area contributed by atoms with Crippen molar-refractivity contribution in [1.82, 2.24) is 0 Å². The van der Waals surface area contributed by atoms with Gasteiger partial charge in [-0.25, -0.2) is 0 Å². The van der Waals surface area contributed by atoms with Gasteiger partial charge in [-0.1, -0.05) is 19.9 Å². The Kier molecular flexibility index (Phi) is 5.86. The summed E-state index contributed by atoms with van der Waals surface area (Å²) in [5, 5.41) is 39.3. The van der Waals surface area contributed by atoms with Crippen molar-refractivity contribution in [1.29, 1.82) is 0 Å². The Balaban J connectivity index is 1.52. The maximum absolute atomic E-state index is 12.7. The van der Waals surface area contributed by atoms with Crippen LogP contribution >= 0.6 is 0 Å². The molecule has 4 rings (SSSR count). The lowest BCUT2D eigenvalue weighted by Gasteiger charge is -2.39. The number of hydrogen-bond donors (Lipinski definition) is 4. The van der Waals surface area contributed by atoms with Crippen LogP contribution in [-0.2, 0) is 23.8 Å². The van der Waals surface area contributed by atoms with Crippen LogP contribution < -0.4 is 0 Å². The van der Waals surface area contributed by atoms with Gasteiger partial charge >= 0.3 is 5.97 Å². The SMILES string of the molecule is CC1CC2OC(=O)C(C)C2C=C2C(COC3OC(CO)C(O)C(O)C3O)=CC(=O)C21. The molecule has 0 aromatic rings. The van der Waals surface area contributed by atoms with Crippen molar-refractivity contribution in [2.45, 2.75) is 57.1 Å². The topological polar surface area (TPSA) is 143 Å². The van der Waals surface area contributed by atoms with Gasteiger partial charge in [0.05, 0.1) is 19.1 Å². The van der Waals surface area contributed by atoms with E-state index in [0.717, 1.165) is 5.57 Å². The van der Waals surface area contributed by atoms with Gasteiger partial charge in [0.1, 0.15) is 30.5 Å². The Hall–Kier alpha value is -1.62. The Morgan fingerprint density at radius 3 is 2.57 bits per heavy atom. The molecule has 0 bridgehead atoms. The molecular weight excluding hydrogens is 396 g/mol. The Morgan fingerprint density at radius 2 is 1.87 bits per heavy atom. The number of carbonyl (C=O) groups excluding carboxylic acids is 2. The molecule has 2 aliphatic carbocycles. The van der Waals surface area contributed by atoms with Gasteiger partial charge < -0.3 is 34.6 Å². The van der Waals surface area contributed by atoms with E-state index in [4.69, 9.17) is 14.2 Å². The molecule has 0 saturated carbocycles. The summed E-state index contributed by atoms with van der Waals surface area (Å²) in [5.41, 5.74) is 1.43. The first-order chi connectivity index (χ1) is 14.2. The van der Waals surface area contributed by atoms with Crippen LogP contribution in [0.5, 0.6) is 0 Å². The summed E-state index contributed by atoms with van der Waals surface area (Å²) in [6.07, 6.45) is -3.04. The third kappa shape index (κ3) is 3.53. The van der Waals surface area contributed by atoms with E-state index in [9.17, 15) is 30.0 Å². The standard InChI is InChI=1S/C21H28O9/c1-8-3-14-11(9(2)20(27)29-14)5-12-10(4-13(23)16(8)12)7-28-21-19(26)18(25)17(24)15(6-22)30-21/h4-5,8-9,11,14-19,21-22,24-26H,3,6-7H2,1-2H3. The zero-order valence-electron chi connectivity index (χ0n) is 16.9. The van der Waals surface area contributed by atoms with Crippen LogP contribution in [0.2, 0.25) is 0 Å². The second kappa shape index (κ2) is 8.14. The highest BCUT2D eigenvalue weighted by Crippen LogP contribution is 2.45. The Morgan fingerprint density at radius 1 is 1.13 bits per heavy atom. The molecule has 2 aliphatic heterocycles. The number of ketones is 1. The molecule has 10 unspecified atom stereocenters. The summed E-state index contributed by atoms with van der Waals surface area (Å²) in [5.74, 6) is -1.05. The van der Waals surface area contributed by atoms with E-state index in [1.807, 2.05) is 19.9 Å². The Labute approximate surface area is 173 Å². The number of aliphatic hydroxyl groups excluding tert-OH is 4. The minimum atomic E-state index is -1.53. The molecule has 0 amide bonds. The minimum absolute atomic E-state index is 0.0159. The highest BCUT2D eigenvalue weighted by molar-refractivity contribution is 6.00. The van der Waals surface area contributed by atoms with Gasteiger partial charge in [0.2, 0.25) is 0 Å². The van der Waals surface area contributed by atoms with E-state index in [0.29, 0.717) is 12.0 Å². The number of ether oxygens (including phenoxy) is 3. The third-order valence-corrected chi connectivity index (χ3v) is 6.77. The van der Waals surface area contributed by atoms with Crippen molar-refractivity contribution in [3.63, 3.8) is 0 Å². The number of carbonyl (C=O) groups is 2. The molecule has 0 aromatic carbocycles. The number of aliphatic hydroxyl groups is 4. The number of rotatable bonds is 4. The van der Waals surface area contributed by atoms with E-state index < -0.39 is 37.3 Å². The van der Waals surface area contributed by atoms with Crippen LogP contribution in [0.25, 0.3) is 0 Å². The zero-order chi connectivity index (χ0) is 21.7. The van der Waals surface area contributed by atoms with Gasteiger partial charge in [0.25, 0.3) is 0 Å². The van der Waals surface area contributed by atoms with Crippen LogP contribution in [0.4, 0.5) is 0 Å². The second-order valence-electron chi connectivity index (χ2n) is 8.73. The van der Waals surface area contributed by atoms with E-state index in [1.165, 1.54) is 6.08 Å². The molecule has 0 aromatic heterocycles. The van der Waals surface area contributed by atoms with Crippen molar-refractivity contribution in [3.05, 3.63) is 23.3 Å². The summed E-state index contributed by atoms with van der Waals surface area (Å²) < 4.78 is 16.5. The largest absolute Gasteiger partial charge is 0.461 e. The average molecular weight is 424 g/mol. The summed E-state index contributed by atoms with van der Waals surface area (Å²) in [6, 6.07) is 0. The first kappa shape index (κ1) is 21.6. The summed E-state index contributed by atoms with van der Waals surface area (Å²) in [7, 11) is 0. The minimum Gasteiger partial charge on any atom is -0.461 e. The number of hydrogen-bond acceptors (Lipinski definition) is 9. The van der Waals surface area contributed by atoms with Crippen molar-refractivity contribution in [2.24, 2.45) is 23.7 Å². The molecule has 10 atom stereocenters. The van der Waals surface area contributed by atoms with Crippen molar-refractivity contribution >= 4 is 11.8 Å². The lowest BCUT2D eigenvalue weighted by atomic mass is 9.85. The molecule has 166 valence electrons. The monoisotopic (exact) mass is 424 g/mol. The van der Waals surface area contributed by atoms with Gasteiger partial charge in [-0.15, -0.1) is 0 Å². The van der Waals surface area contributed by atoms with Crippen molar-refractivity contribution in [2.75, 3.05) is 13.2 Å². The molecule has 0 radical (unpaired) electrons. The number of allylic oxidation sites excluding steroid dienone is 1. The lowest BCUT2D eigenvalue weighted by molar-refractivity contribution is -0.298. The molecule has 9 nitrogen and oxygen atoms in total. The molecular formula is C21H28O9. The lowest BCUT2D eigenvalue weighted by Crippen LogP contribution is -2.59. The quantitative estimate of drug-likeness (QED) is 0.421. The predicted octanol–water partition coefficient (Wildman–Crippen LogP) is -0.928. The summed E-state index contributed by atoms with van der Waals surface area (Å²) in [4.78, 5) is 24.7. The fraction of sp³-hybridized carbons (Fsp3) is 0.714. The summed E-state index contributed by atoms with van der Waals surface area (Å²) in [6.45, 7) is 3.17. The molecule has 30 heavy (non-hydrogen) atoms. The summed E-state index contributed by atoms with van der Waals surface area (Å²) >= 11 is 0. The normalized spacial score (nSPS) is 45.9. The first-order valence-electron chi connectivity index (χ1n) is 10.3. The van der Waals surface area contributed by atoms with Gasteiger partial charge in [0, 0.05) is 11.8 Å². The molecule has 0 spiro atoms. The average Bonchev–Trinajstić information content (AvgIpc) is 3.10. The van der Waals surface area contributed by atoms with Gasteiger partial charge in [-0.2, -0.15) is 0 Å². The van der Waals surface area contributed by atoms with E-state index >= 15 is 0 Å². The van der Waals surface area contributed by atoms with Gasteiger partial charge in [-0.3, -0.25) is 9.59 Å². The zero-order valence-corrected chi connectivity index (χ0v) is 16.9. The molecule has 4 N–H and O–H groups in total. The fourth-order valence-corrected chi connectivity index (χ4v) is 4.98. The Bertz CT molecular complexity index is 772. The molecule has 2 heterocycles. The predicted molar refractivity (Wildman–Crippen MR) is 101 cm³/mol. The highest BCUT2D eigenvalue weighted by Gasteiger charge is 2.48. The molecule has 9 heteroatoms. The van der Waals surface area contributed by atoms with Gasteiger partial charge in [0.15, 0.2) is 12.1 Å². The first-order valence-corrected chi connectivity index (χ1v) is 10.3. The van der Waals surface area contributed by atoms with Crippen molar-refractivity contribution in [3.8, 4) is 0 Å². The van der Waals surface area contributed by atoms with Crippen LogP contribution in [0.1, 0.15) is 20.3 Å². The molecule has 2 fully saturated rings. The van der Waals surface area contributed by atoms with E-state index in [1.54, 1.807) is 0 Å². The van der Waals surface area contributed by atoms with Crippen molar-refractivity contribution < 1.29 is 44.2 Å². The second-order valence-corrected chi connectivity index (χ2v) is 8.73. The van der Waals surface area contributed by atoms with Crippen LogP contribution in [-0.4, -0.2) is 82.2 Å². The maximum atomic E-state index is 12.7. The molecule has 4 aliphatic rings. The maximum Gasteiger partial charge on any atom is 0.309 e. The fourth-order valence-electron chi connectivity index (χ4n) is 4.98. The van der Waals surface area contributed by atoms with Crippen LogP contribution in [0.15, 0.2) is 23.3 Å². The van der Waals surface area contributed by atoms with Gasteiger partial charge in [-0.05, 0) is 29.6 Å². The smallest absolute Gasteiger partial charge is 0.309 e. The molecule has 2 saturated heterocycles. The van der Waals surface area contributed by atoms with E-state index in [-0.39, 0.29) is 48.1 Å². The number of esters is 1. The number of fused-ring (bicyclic) bond motifs is 2. The van der Waals surface area contributed by atoms with Crippen LogP contribution in [0.3, 0.4) is 0 Å².